The predicted octanol–water partition coefficient (Wildman–Crippen LogP) is 10.9. The molecule has 0 radical (unpaired) electrons. The monoisotopic (exact) mass is 793 g/mol. The Morgan fingerprint density at radius 3 is 2.09 bits per heavy atom. The van der Waals surface area contributed by atoms with Crippen molar-refractivity contribution in [2.24, 2.45) is 0 Å². The maximum Gasteiger partial charge on any atom is 0.217 e. The zero-order valence-corrected chi connectivity index (χ0v) is 30.8. The first kappa shape index (κ1) is 33.7. The number of aromatic nitrogens is 3. The van der Waals surface area contributed by atoms with E-state index in [1.54, 1.807) is 6.07 Å². The van der Waals surface area contributed by atoms with Crippen LogP contribution in [0, 0.1) is 6.07 Å². The Morgan fingerprint density at radius 2 is 1.48 bits per heavy atom. The minimum absolute atomic E-state index is 0. The van der Waals surface area contributed by atoms with Crippen molar-refractivity contribution >= 4 is 32.7 Å². The van der Waals surface area contributed by atoms with Crippen molar-refractivity contribution in [2.75, 3.05) is 0 Å². The van der Waals surface area contributed by atoms with E-state index in [1.165, 1.54) is 22.1 Å². The van der Waals surface area contributed by atoms with Crippen molar-refractivity contribution in [3.63, 3.8) is 0 Å². The number of hydrogen-bond donors (Lipinski definition) is 1. The maximum absolute atomic E-state index is 10.8. The number of aromatic hydroxyl groups is 1. The topological polar surface area (TPSA) is 60.2 Å². The molecule has 0 fully saturated rings. The first-order valence-electron chi connectivity index (χ1n) is 16.0. The van der Waals surface area contributed by atoms with Gasteiger partial charge in [0.15, 0.2) is 0 Å². The summed E-state index contributed by atoms with van der Waals surface area (Å²) in [6.45, 7) is 22.0. The van der Waals surface area contributed by atoms with Crippen LogP contribution in [0.25, 0.3) is 38.5 Å². The smallest absolute Gasteiger partial charge is 0.217 e. The summed E-state index contributed by atoms with van der Waals surface area (Å²) in [5.74, 6) is 2.53. The number of ether oxygens (including phenoxy) is 1. The fourth-order valence-corrected chi connectivity index (χ4v) is 6.30. The minimum Gasteiger partial charge on any atom is -0.506 e. The molecule has 6 heteroatoms. The Hall–Kier alpha value is -3.69. The van der Waals surface area contributed by atoms with Gasteiger partial charge in [-0.2, -0.15) is 0 Å². The van der Waals surface area contributed by atoms with Gasteiger partial charge in [0, 0.05) is 50.0 Å². The molecule has 1 N–H and O–H groups in total. The van der Waals surface area contributed by atoms with Crippen LogP contribution in [-0.2, 0) is 31.9 Å². The summed E-state index contributed by atoms with van der Waals surface area (Å²) in [4.78, 5) is 9.80. The molecule has 5 nitrogen and oxygen atoms in total. The predicted molar refractivity (Wildman–Crippen MR) is 186 cm³/mol. The Bertz CT molecular complexity index is 2060. The van der Waals surface area contributed by atoms with Gasteiger partial charge in [-0.3, -0.25) is 0 Å². The van der Waals surface area contributed by atoms with E-state index in [1.807, 2.05) is 24.4 Å². The Morgan fingerprint density at radius 1 is 0.804 bits per heavy atom. The van der Waals surface area contributed by atoms with Gasteiger partial charge in [-0.15, -0.1) is 17.7 Å². The number of benzene rings is 3. The molecule has 3 aromatic carbocycles. The van der Waals surface area contributed by atoms with Gasteiger partial charge in [-0.1, -0.05) is 117 Å². The summed E-state index contributed by atoms with van der Waals surface area (Å²) < 4.78 is 8.85. The second kappa shape index (κ2) is 12.2. The van der Waals surface area contributed by atoms with Crippen LogP contribution in [-0.4, -0.2) is 19.6 Å². The van der Waals surface area contributed by atoms with E-state index >= 15 is 0 Å². The van der Waals surface area contributed by atoms with Gasteiger partial charge in [-0.05, 0) is 56.9 Å². The standard InChI is InChI=1S/C40H44N3O2.Pt/c1-23(2)27-13-11-15-29-36-30(24(3)4)19-26(20-32(36)43(38(27)29)34-18-17-25(22-41-34)39(5,6)7)45-35-21-31(40(8,9)10)28-14-12-16-33(44)37(28)42-35;/h11-19,21-24,44H,1-10H3;/q-1;. The zero-order valence-electron chi connectivity index (χ0n) is 28.5. The molecule has 0 bridgehead atoms. The normalized spacial score (nSPS) is 12.4. The van der Waals surface area contributed by atoms with Crippen LogP contribution in [0.2, 0.25) is 0 Å². The molecule has 6 aromatic rings. The second-order valence-corrected chi connectivity index (χ2v) is 14.9. The van der Waals surface area contributed by atoms with E-state index in [4.69, 9.17) is 14.7 Å². The van der Waals surface area contributed by atoms with Gasteiger partial charge in [0.25, 0.3) is 0 Å². The summed E-state index contributed by atoms with van der Waals surface area (Å²) in [6, 6.07) is 24.2. The molecule has 0 aliphatic heterocycles. The minimum atomic E-state index is -0.186. The van der Waals surface area contributed by atoms with Crippen LogP contribution in [0.3, 0.4) is 0 Å². The average molecular weight is 794 g/mol. The number of phenolic OH excluding ortho intramolecular Hbond substituents is 1. The molecular formula is C40H44N3O2Pt-. The number of fused-ring (bicyclic) bond motifs is 4. The summed E-state index contributed by atoms with van der Waals surface area (Å²) in [5.41, 5.74) is 7.10. The summed E-state index contributed by atoms with van der Waals surface area (Å²) >= 11 is 0. The molecule has 0 spiro atoms. The van der Waals surface area contributed by atoms with Crippen LogP contribution in [0.5, 0.6) is 17.4 Å². The van der Waals surface area contributed by atoms with E-state index in [0.717, 1.165) is 33.2 Å². The van der Waals surface area contributed by atoms with Crippen molar-refractivity contribution < 1.29 is 30.9 Å². The number of rotatable bonds is 5. The number of hydrogen-bond acceptors (Lipinski definition) is 4. The molecule has 0 amide bonds. The van der Waals surface area contributed by atoms with Gasteiger partial charge in [0.2, 0.25) is 5.88 Å². The maximum atomic E-state index is 10.8. The third-order valence-electron chi connectivity index (χ3n) is 8.74. The largest absolute Gasteiger partial charge is 0.506 e. The van der Waals surface area contributed by atoms with E-state index < -0.39 is 0 Å². The number of para-hydroxylation sites is 2. The van der Waals surface area contributed by atoms with Gasteiger partial charge in [-0.25, -0.2) is 9.97 Å². The number of nitrogens with zero attached hydrogens (tertiary/aromatic N) is 3. The van der Waals surface area contributed by atoms with Gasteiger partial charge in [0.05, 0.1) is 0 Å². The van der Waals surface area contributed by atoms with Crippen molar-refractivity contribution in [3.05, 3.63) is 95.2 Å². The fraction of sp³-hybridized carbons (Fsp3) is 0.350. The van der Waals surface area contributed by atoms with Crippen LogP contribution >= 0.6 is 0 Å². The van der Waals surface area contributed by atoms with Crippen molar-refractivity contribution in [2.45, 2.75) is 91.9 Å². The van der Waals surface area contributed by atoms with Crippen LogP contribution in [0.1, 0.15) is 103 Å². The molecule has 0 unspecified atom stereocenters. The summed E-state index contributed by atoms with van der Waals surface area (Å²) in [5, 5.41) is 14.0. The third kappa shape index (κ3) is 5.95. The molecule has 6 rings (SSSR count). The molecule has 46 heavy (non-hydrogen) atoms. The van der Waals surface area contributed by atoms with Gasteiger partial charge in [0.1, 0.15) is 17.1 Å². The first-order chi connectivity index (χ1) is 21.1. The van der Waals surface area contributed by atoms with Crippen molar-refractivity contribution in [3.8, 4) is 23.2 Å². The van der Waals surface area contributed by atoms with Gasteiger partial charge < -0.3 is 14.4 Å². The third-order valence-corrected chi connectivity index (χ3v) is 8.74. The van der Waals surface area contributed by atoms with Crippen LogP contribution < -0.4 is 4.74 Å². The second-order valence-electron chi connectivity index (χ2n) is 14.9. The fourth-order valence-electron chi connectivity index (χ4n) is 6.30. The molecule has 3 aromatic heterocycles. The SMILES string of the molecule is CC(C)c1cc(Oc2cc(C(C)(C)C)c3cccc(O)c3n2)[c-]c2c1c1cccc(C(C)C)c1n2-c1ccc(C(C)(C)C)cn1.[Pt]. The molecule has 3 heterocycles. The Balaban J connectivity index is 0.00000417. The van der Waals surface area contributed by atoms with Gasteiger partial charge >= 0.3 is 0 Å². The summed E-state index contributed by atoms with van der Waals surface area (Å²) in [6.07, 6.45) is 1.99. The quantitative estimate of drug-likeness (QED) is 0.177. The van der Waals surface area contributed by atoms with Crippen molar-refractivity contribution in [1.82, 2.24) is 14.5 Å². The van der Waals surface area contributed by atoms with E-state index in [2.05, 4.69) is 116 Å². The Kier molecular flexibility index (Phi) is 8.90. The van der Waals surface area contributed by atoms with E-state index in [0.29, 0.717) is 23.1 Å². The number of pyridine rings is 2. The molecule has 0 saturated carbocycles. The van der Waals surface area contributed by atoms with Crippen molar-refractivity contribution in [1.29, 1.82) is 0 Å². The zero-order chi connectivity index (χ0) is 32.4. The molecule has 0 aliphatic rings. The molecule has 0 saturated heterocycles. The molecule has 242 valence electrons. The van der Waals surface area contributed by atoms with E-state index in [-0.39, 0.29) is 43.6 Å². The Labute approximate surface area is 287 Å². The molecule has 0 aliphatic carbocycles. The average Bonchev–Trinajstić information content (AvgIpc) is 3.30. The molecular weight excluding hydrogens is 750 g/mol. The van der Waals surface area contributed by atoms with E-state index in [9.17, 15) is 5.11 Å². The summed E-state index contributed by atoms with van der Waals surface area (Å²) in [7, 11) is 0. The number of phenols is 1. The van der Waals surface area contributed by atoms with Crippen LogP contribution in [0.15, 0.2) is 66.9 Å². The first-order valence-corrected chi connectivity index (χ1v) is 16.0. The van der Waals surface area contributed by atoms with Crippen LogP contribution in [0.4, 0.5) is 0 Å². The molecule has 0 atom stereocenters.